The van der Waals surface area contributed by atoms with E-state index in [9.17, 15) is 14.3 Å². The van der Waals surface area contributed by atoms with Crippen LogP contribution < -0.4 is 5.73 Å². The molecule has 1 fully saturated rings. The first-order valence-electron chi connectivity index (χ1n) is 11.5. The van der Waals surface area contributed by atoms with E-state index in [0.717, 1.165) is 34.5 Å². The normalized spacial score (nSPS) is 23.4. The third-order valence-corrected chi connectivity index (χ3v) is 8.09. The van der Waals surface area contributed by atoms with Crippen molar-refractivity contribution < 1.29 is 14.3 Å². The monoisotopic (exact) mass is 479 g/mol. The van der Waals surface area contributed by atoms with Crippen LogP contribution in [0.5, 0.6) is 0 Å². The number of aliphatic hydroxyl groups is 1. The van der Waals surface area contributed by atoms with Crippen LogP contribution in [-0.4, -0.2) is 26.4 Å². The SMILES string of the molecule is C[C@]12Cc3cnn(-c4ccc(F)cc4)c3C=C1CC[C@@]2(O)CCc1cccc(Cl)c1CC(N)=O. The van der Waals surface area contributed by atoms with Gasteiger partial charge in [0.1, 0.15) is 5.82 Å². The van der Waals surface area contributed by atoms with Crippen molar-refractivity contribution in [2.45, 2.75) is 51.0 Å². The Morgan fingerprint density at radius 2 is 2.03 bits per heavy atom. The number of hydrogen-bond acceptors (Lipinski definition) is 3. The van der Waals surface area contributed by atoms with Crippen LogP contribution in [0.2, 0.25) is 5.02 Å². The summed E-state index contributed by atoms with van der Waals surface area (Å²) in [6.45, 7) is 2.13. The summed E-state index contributed by atoms with van der Waals surface area (Å²) in [4.78, 5) is 11.6. The summed E-state index contributed by atoms with van der Waals surface area (Å²) in [6, 6.07) is 11.9. The van der Waals surface area contributed by atoms with Gasteiger partial charge in [0.25, 0.3) is 0 Å². The van der Waals surface area contributed by atoms with Crippen LogP contribution in [0.15, 0.2) is 54.2 Å². The predicted molar refractivity (Wildman–Crippen MR) is 130 cm³/mol. The minimum absolute atomic E-state index is 0.0851. The van der Waals surface area contributed by atoms with Gasteiger partial charge in [-0.15, -0.1) is 0 Å². The molecule has 0 saturated heterocycles. The topological polar surface area (TPSA) is 81.1 Å². The van der Waals surface area contributed by atoms with Gasteiger partial charge >= 0.3 is 0 Å². The van der Waals surface area contributed by atoms with Crippen molar-refractivity contribution in [2.24, 2.45) is 11.1 Å². The van der Waals surface area contributed by atoms with Crippen LogP contribution in [0, 0.1) is 11.2 Å². The molecule has 3 aromatic rings. The number of benzene rings is 2. The molecule has 7 heteroatoms. The zero-order valence-electron chi connectivity index (χ0n) is 19.0. The Morgan fingerprint density at radius 3 is 2.76 bits per heavy atom. The fourth-order valence-electron chi connectivity index (χ4n) is 5.67. The van der Waals surface area contributed by atoms with E-state index in [1.807, 2.05) is 23.0 Å². The largest absolute Gasteiger partial charge is 0.389 e. The second-order valence-electron chi connectivity index (χ2n) is 9.67. The van der Waals surface area contributed by atoms with Crippen molar-refractivity contribution in [3.63, 3.8) is 0 Å². The number of rotatable bonds is 6. The summed E-state index contributed by atoms with van der Waals surface area (Å²) in [7, 11) is 0. The number of carbonyl (C=O) groups excluding carboxylic acids is 1. The molecule has 5 nitrogen and oxygen atoms in total. The quantitative estimate of drug-likeness (QED) is 0.533. The summed E-state index contributed by atoms with van der Waals surface area (Å²) in [6.07, 6.45) is 7.36. The maximum Gasteiger partial charge on any atom is 0.221 e. The highest BCUT2D eigenvalue weighted by Crippen LogP contribution is 2.57. The minimum Gasteiger partial charge on any atom is -0.389 e. The van der Waals surface area contributed by atoms with Crippen LogP contribution in [0.4, 0.5) is 4.39 Å². The minimum atomic E-state index is -0.902. The molecule has 0 radical (unpaired) electrons. The number of hydrogen-bond donors (Lipinski definition) is 2. The first-order valence-corrected chi connectivity index (χ1v) is 11.9. The molecule has 5 rings (SSSR count). The van der Waals surface area contributed by atoms with Gasteiger partial charge in [0.15, 0.2) is 0 Å². The number of amides is 1. The Balaban J connectivity index is 1.42. The fourth-order valence-corrected chi connectivity index (χ4v) is 5.93. The Morgan fingerprint density at radius 1 is 1.26 bits per heavy atom. The van der Waals surface area contributed by atoms with Crippen molar-refractivity contribution in [2.75, 3.05) is 0 Å². The van der Waals surface area contributed by atoms with Crippen LogP contribution in [0.1, 0.15) is 48.6 Å². The molecule has 1 saturated carbocycles. The van der Waals surface area contributed by atoms with Gasteiger partial charge in [0.05, 0.1) is 29.6 Å². The molecule has 2 aromatic carbocycles. The van der Waals surface area contributed by atoms with Crippen LogP contribution >= 0.6 is 11.6 Å². The van der Waals surface area contributed by atoms with E-state index in [1.54, 1.807) is 18.2 Å². The molecule has 1 heterocycles. The average Bonchev–Trinajstić information content (AvgIpc) is 3.31. The van der Waals surface area contributed by atoms with Crippen molar-refractivity contribution in [3.8, 4) is 5.69 Å². The average molecular weight is 480 g/mol. The Hall–Kier alpha value is -2.96. The first kappa shape index (κ1) is 22.8. The zero-order chi connectivity index (χ0) is 24.1. The van der Waals surface area contributed by atoms with Crippen molar-refractivity contribution >= 4 is 23.6 Å². The highest BCUT2D eigenvalue weighted by Gasteiger charge is 2.54. The zero-order valence-corrected chi connectivity index (χ0v) is 19.8. The summed E-state index contributed by atoms with van der Waals surface area (Å²) >= 11 is 6.35. The van der Waals surface area contributed by atoms with E-state index in [4.69, 9.17) is 17.3 Å². The van der Waals surface area contributed by atoms with E-state index in [-0.39, 0.29) is 12.2 Å². The van der Waals surface area contributed by atoms with Gasteiger partial charge in [-0.1, -0.05) is 36.2 Å². The molecule has 3 N–H and O–H groups in total. The molecule has 176 valence electrons. The number of primary amides is 1. The molecule has 2 aliphatic rings. The third-order valence-electron chi connectivity index (χ3n) is 7.73. The summed E-state index contributed by atoms with van der Waals surface area (Å²) in [5, 5.41) is 17.0. The lowest BCUT2D eigenvalue weighted by molar-refractivity contribution is -0.117. The van der Waals surface area contributed by atoms with Crippen molar-refractivity contribution in [1.29, 1.82) is 0 Å². The number of aromatic nitrogens is 2. The molecule has 0 unspecified atom stereocenters. The highest BCUT2D eigenvalue weighted by molar-refractivity contribution is 6.31. The molecule has 2 aliphatic carbocycles. The second-order valence-corrected chi connectivity index (χ2v) is 10.1. The molecular weight excluding hydrogens is 453 g/mol. The Bertz CT molecular complexity index is 1300. The number of nitrogens with two attached hydrogens (primary N) is 1. The summed E-state index contributed by atoms with van der Waals surface area (Å²) < 4.78 is 15.2. The van der Waals surface area contributed by atoms with E-state index in [1.165, 1.54) is 17.7 Å². The maximum atomic E-state index is 13.4. The van der Waals surface area contributed by atoms with Gasteiger partial charge in [0.2, 0.25) is 5.91 Å². The molecule has 0 aliphatic heterocycles. The molecule has 0 spiro atoms. The maximum absolute atomic E-state index is 13.4. The van der Waals surface area contributed by atoms with Crippen molar-refractivity contribution in [3.05, 3.63) is 87.5 Å². The molecule has 34 heavy (non-hydrogen) atoms. The lowest BCUT2D eigenvalue weighted by Crippen LogP contribution is -2.45. The van der Waals surface area contributed by atoms with E-state index in [0.29, 0.717) is 30.7 Å². The Labute approximate surface area is 203 Å². The number of halogens is 2. The lowest BCUT2D eigenvalue weighted by atomic mass is 9.65. The molecule has 1 aromatic heterocycles. The number of aryl methyl sites for hydroxylation is 1. The van der Waals surface area contributed by atoms with Gasteiger partial charge in [0, 0.05) is 10.4 Å². The predicted octanol–water partition coefficient (Wildman–Crippen LogP) is 4.80. The first-order chi connectivity index (χ1) is 16.2. The number of carbonyl (C=O) groups is 1. The van der Waals surface area contributed by atoms with Crippen LogP contribution in [0.25, 0.3) is 11.8 Å². The fraction of sp³-hybridized carbons (Fsp3) is 0.333. The van der Waals surface area contributed by atoms with Gasteiger partial charge in [-0.05, 0) is 85.2 Å². The summed E-state index contributed by atoms with van der Waals surface area (Å²) in [5.74, 6) is -0.709. The van der Waals surface area contributed by atoms with E-state index in [2.05, 4.69) is 18.1 Å². The number of nitrogens with zero attached hydrogens (tertiary/aromatic N) is 2. The van der Waals surface area contributed by atoms with E-state index < -0.39 is 16.9 Å². The van der Waals surface area contributed by atoms with Gasteiger partial charge in [-0.3, -0.25) is 4.79 Å². The standard InChI is InChI=1S/C27H27ClFN3O2/c1-26-15-18-16-31-32(21-7-5-20(29)6-8-21)24(18)13-19(26)10-12-27(26,34)11-9-17-3-2-4-23(28)22(17)14-25(30)33/h2-8,13,16,34H,9-12,14-15H2,1H3,(H2,30,33)/t26-,27-/m0/s1. The molecular formula is C27H27ClFN3O2. The number of fused-ring (bicyclic) bond motifs is 2. The van der Waals surface area contributed by atoms with Crippen molar-refractivity contribution in [1.82, 2.24) is 9.78 Å². The highest BCUT2D eigenvalue weighted by atomic mass is 35.5. The van der Waals surface area contributed by atoms with Gasteiger partial charge < -0.3 is 10.8 Å². The van der Waals surface area contributed by atoms with E-state index >= 15 is 0 Å². The lowest BCUT2D eigenvalue weighted by Gasteiger charge is -2.42. The van der Waals surface area contributed by atoms with Crippen LogP contribution in [-0.2, 0) is 24.1 Å². The smallest absolute Gasteiger partial charge is 0.221 e. The Kier molecular flexibility index (Phi) is 5.61. The molecule has 2 atom stereocenters. The summed E-state index contributed by atoms with van der Waals surface area (Å²) in [5.41, 5.74) is 9.86. The second kappa shape index (κ2) is 8.36. The van der Waals surface area contributed by atoms with Crippen LogP contribution in [0.3, 0.4) is 0 Å². The van der Waals surface area contributed by atoms with Gasteiger partial charge in [-0.2, -0.15) is 5.10 Å². The van der Waals surface area contributed by atoms with Gasteiger partial charge in [-0.25, -0.2) is 9.07 Å². The molecule has 0 bridgehead atoms. The third kappa shape index (κ3) is 3.75. The molecule has 1 amide bonds.